The minimum Gasteiger partial charge on any atom is -0.444 e. The zero-order valence-corrected chi connectivity index (χ0v) is 18.2. The van der Waals surface area contributed by atoms with E-state index < -0.39 is 5.60 Å². The zero-order valence-electron chi connectivity index (χ0n) is 16.7. The van der Waals surface area contributed by atoms with Crippen LogP contribution in [-0.2, 0) is 4.74 Å². The average molecular weight is 410 g/mol. The number of halogens is 1. The van der Waals surface area contributed by atoms with Crippen LogP contribution in [0.3, 0.4) is 0 Å². The van der Waals surface area contributed by atoms with Crippen molar-refractivity contribution >= 4 is 44.4 Å². The summed E-state index contributed by atoms with van der Waals surface area (Å²) in [5.41, 5.74) is 0.492. The molecule has 0 aliphatic carbocycles. The molecular weight excluding hydrogens is 382 g/mol. The number of aromatic nitrogens is 1. The maximum Gasteiger partial charge on any atom is 0.410 e. The standard InChI is InChI=1S/C20H28ClN3O2S/c1-13(2)10-15-12-23(19(25)26-20(3,4)5)8-9-24(15)18-22-16-7-6-14(21)11-17(16)27-18/h6-7,11,13,15H,8-10,12H2,1-5H3/t15-/m1/s1. The summed E-state index contributed by atoms with van der Waals surface area (Å²) in [6.45, 7) is 12.2. The number of piperazine rings is 1. The first-order valence-electron chi connectivity index (χ1n) is 9.43. The molecule has 1 saturated heterocycles. The number of amides is 1. The molecule has 0 N–H and O–H groups in total. The van der Waals surface area contributed by atoms with Gasteiger partial charge in [-0.25, -0.2) is 9.78 Å². The van der Waals surface area contributed by atoms with Crippen LogP contribution in [0.25, 0.3) is 10.2 Å². The maximum atomic E-state index is 12.5. The number of fused-ring (bicyclic) bond motifs is 1. The molecule has 0 spiro atoms. The first-order chi connectivity index (χ1) is 12.6. The first kappa shape index (κ1) is 20.2. The van der Waals surface area contributed by atoms with E-state index in [1.165, 1.54) is 0 Å². The van der Waals surface area contributed by atoms with E-state index in [4.69, 9.17) is 21.3 Å². The Labute approximate surface area is 170 Å². The molecule has 2 aromatic rings. The number of hydrogen-bond acceptors (Lipinski definition) is 5. The summed E-state index contributed by atoms with van der Waals surface area (Å²) in [5, 5.41) is 1.73. The molecule has 7 heteroatoms. The summed E-state index contributed by atoms with van der Waals surface area (Å²) in [5.74, 6) is 0.528. The number of benzene rings is 1. The Hall–Kier alpha value is -1.53. The smallest absolute Gasteiger partial charge is 0.410 e. The largest absolute Gasteiger partial charge is 0.444 e. The second kappa shape index (κ2) is 7.84. The van der Waals surface area contributed by atoms with Crippen molar-refractivity contribution in [3.05, 3.63) is 23.2 Å². The minimum atomic E-state index is -0.478. The summed E-state index contributed by atoms with van der Waals surface area (Å²) < 4.78 is 6.67. The lowest BCUT2D eigenvalue weighted by Gasteiger charge is -2.42. The predicted molar refractivity (Wildman–Crippen MR) is 113 cm³/mol. The molecule has 27 heavy (non-hydrogen) atoms. The van der Waals surface area contributed by atoms with Gasteiger partial charge in [0.1, 0.15) is 5.60 Å². The SMILES string of the molecule is CC(C)C[C@@H]1CN(C(=O)OC(C)(C)C)CCN1c1nc2ccc(Cl)cc2s1. The Morgan fingerprint density at radius 3 is 2.78 bits per heavy atom. The molecule has 148 valence electrons. The van der Waals surface area contributed by atoms with Crippen LogP contribution in [0.1, 0.15) is 41.0 Å². The summed E-state index contributed by atoms with van der Waals surface area (Å²) in [4.78, 5) is 21.5. The van der Waals surface area contributed by atoms with Crippen molar-refractivity contribution in [3.63, 3.8) is 0 Å². The molecule has 1 fully saturated rings. The fourth-order valence-corrected chi connectivity index (χ4v) is 4.69. The van der Waals surface area contributed by atoms with Gasteiger partial charge in [-0.05, 0) is 51.3 Å². The van der Waals surface area contributed by atoms with E-state index in [0.717, 1.165) is 33.3 Å². The van der Waals surface area contributed by atoms with Crippen LogP contribution >= 0.6 is 22.9 Å². The van der Waals surface area contributed by atoms with E-state index >= 15 is 0 Å². The molecule has 0 bridgehead atoms. The Balaban J connectivity index is 1.81. The van der Waals surface area contributed by atoms with Gasteiger partial charge in [-0.1, -0.05) is 36.8 Å². The lowest BCUT2D eigenvalue weighted by Crippen LogP contribution is -2.56. The van der Waals surface area contributed by atoms with E-state index in [2.05, 4.69) is 18.7 Å². The van der Waals surface area contributed by atoms with Crippen molar-refractivity contribution in [3.8, 4) is 0 Å². The number of anilines is 1. The third-order valence-electron chi connectivity index (χ3n) is 4.46. The molecular formula is C20H28ClN3O2S. The third-order valence-corrected chi connectivity index (χ3v) is 5.75. The fourth-order valence-electron chi connectivity index (χ4n) is 3.35. The first-order valence-corrected chi connectivity index (χ1v) is 10.6. The van der Waals surface area contributed by atoms with E-state index in [-0.39, 0.29) is 12.1 Å². The zero-order chi connectivity index (χ0) is 19.8. The van der Waals surface area contributed by atoms with E-state index in [9.17, 15) is 4.79 Å². The molecule has 1 aromatic heterocycles. The lowest BCUT2D eigenvalue weighted by atomic mass is 10.0. The van der Waals surface area contributed by atoms with Crippen LogP contribution < -0.4 is 4.90 Å². The molecule has 1 aromatic carbocycles. The topological polar surface area (TPSA) is 45.7 Å². The fraction of sp³-hybridized carbons (Fsp3) is 0.600. The Kier molecular flexibility index (Phi) is 5.87. The lowest BCUT2D eigenvalue weighted by molar-refractivity contribution is 0.0208. The number of ether oxygens (including phenoxy) is 1. The van der Waals surface area contributed by atoms with Crippen molar-refractivity contribution in [1.82, 2.24) is 9.88 Å². The van der Waals surface area contributed by atoms with Gasteiger partial charge in [0, 0.05) is 30.7 Å². The monoisotopic (exact) mass is 409 g/mol. The van der Waals surface area contributed by atoms with Gasteiger partial charge in [-0.3, -0.25) is 0 Å². The highest BCUT2D eigenvalue weighted by molar-refractivity contribution is 7.22. The number of nitrogens with zero attached hydrogens (tertiary/aromatic N) is 3. The summed E-state index contributed by atoms with van der Waals surface area (Å²) in [6.07, 6.45) is 0.766. The van der Waals surface area contributed by atoms with Gasteiger partial charge in [0.05, 0.1) is 10.2 Å². The van der Waals surface area contributed by atoms with Crippen LogP contribution in [0.2, 0.25) is 5.02 Å². The molecule has 0 radical (unpaired) electrons. The second-order valence-corrected chi connectivity index (χ2v) is 9.96. The van der Waals surface area contributed by atoms with Gasteiger partial charge >= 0.3 is 6.09 Å². The van der Waals surface area contributed by atoms with Crippen LogP contribution in [-0.4, -0.2) is 47.3 Å². The van der Waals surface area contributed by atoms with Gasteiger partial charge in [-0.15, -0.1) is 0 Å². The van der Waals surface area contributed by atoms with Gasteiger partial charge in [-0.2, -0.15) is 0 Å². The molecule has 0 unspecified atom stereocenters. The molecule has 5 nitrogen and oxygen atoms in total. The summed E-state index contributed by atoms with van der Waals surface area (Å²) in [6, 6.07) is 6.03. The Morgan fingerprint density at radius 1 is 1.37 bits per heavy atom. The normalized spacial score (nSPS) is 18.4. The number of rotatable bonds is 3. The maximum absolute atomic E-state index is 12.5. The van der Waals surface area contributed by atoms with Crippen molar-refractivity contribution < 1.29 is 9.53 Å². The van der Waals surface area contributed by atoms with Crippen LogP contribution in [0.15, 0.2) is 18.2 Å². The van der Waals surface area contributed by atoms with Crippen molar-refractivity contribution in [1.29, 1.82) is 0 Å². The highest BCUT2D eigenvalue weighted by atomic mass is 35.5. The molecule has 1 amide bonds. The van der Waals surface area contributed by atoms with Gasteiger partial charge in [0.15, 0.2) is 5.13 Å². The van der Waals surface area contributed by atoms with E-state index in [1.807, 2.05) is 43.9 Å². The molecule has 1 atom stereocenters. The van der Waals surface area contributed by atoms with Crippen molar-refractivity contribution in [2.45, 2.75) is 52.7 Å². The number of hydrogen-bond donors (Lipinski definition) is 0. The predicted octanol–water partition coefficient (Wildman–Crippen LogP) is 5.42. The van der Waals surface area contributed by atoms with Crippen molar-refractivity contribution in [2.24, 2.45) is 5.92 Å². The molecule has 1 aliphatic rings. The highest BCUT2D eigenvalue weighted by Crippen LogP contribution is 2.34. The van der Waals surface area contributed by atoms with Crippen molar-refractivity contribution in [2.75, 3.05) is 24.5 Å². The molecule has 2 heterocycles. The Bertz CT molecular complexity index is 815. The molecule has 0 saturated carbocycles. The van der Waals surface area contributed by atoms with Crippen LogP contribution in [0.4, 0.5) is 9.93 Å². The molecule has 3 rings (SSSR count). The summed E-state index contributed by atoms with van der Waals surface area (Å²) >= 11 is 7.79. The molecule has 1 aliphatic heterocycles. The average Bonchev–Trinajstić information content (AvgIpc) is 2.95. The second-order valence-electron chi connectivity index (χ2n) is 8.51. The number of carbonyl (C=O) groups excluding carboxylic acids is 1. The van der Waals surface area contributed by atoms with Gasteiger partial charge in [0.25, 0.3) is 0 Å². The quantitative estimate of drug-likeness (QED) is 0.678. The van der Waals surface area contributed by atoms with E-state index in [1.54, 1.807) is 11.3 Å². The van der Waals surface area contributed by atoms with Gasteiger partial charge in [0.2, 0.25) is 0 Å². The number of carbonyl (C=O) groups is 1. The minimum absolute atomic E-state index is 0.224. The summed E-state index contributed by atoms with van der Waals surface area (Å²) in [7, 11) is 0. The number of thiazole rings is 1. The third kappa shape index (κ3) is 5.05. The van der Waals surface area contributed by atoms with Crippen LogP contribution in [0, 0.1) is 5.92 Å². The van der Waals surface area contributed by atoms with Gasteiger partial charge < -0.3 is 14.5 Å². The van der Waals surface area contributed by atoms with E-state index in [0.29, 0.717) is 19.0 Å². The van der Waals surface area contributed by atoms with Crippen LogP contribution in [0.5, 0.6) is 0 Å². The highest BCUT2D eigenvalue weighted by Gasteiger charge is 2.33. The Morgan fingerprint density at radius 2 is 2.11 bits per heavy atom.